The van der Waals surface area contributed by atoms with Crippen LogP contribution in [0.1, 0.15) is 18.3 Å². The SMILES string of the molecule is CCOc1cc(CNC)cc(Br)c1OCc1ncnn1C. The molecule has 2 rings (SSSR count). The molecule has 0 aliphatic rings. The molecule has 0 amide bonds. The molecule has 0 saturated carbocycles. The van der Waals surface area contributed by atoms with Crippen molar-refractivity contribution < 1.29 is 9.47 Å². The molecule has 0 unspecified atom stereocenters. The van der Waals surface area contributed by atoms with E-state index in [4.69, 9.17) is 9.47 Å². The smallest absolute Gasteiger partial charge is 0.176 e. The summed E-state index contributed by atoms with van der Waals surface area (Å²) in [6.45, 7) is 3.63. The van der Waals surface area contributed by atoms with Crippen LogP contribution in [-0.4, -0.2) is 28.4 Å². The number of nitrogens with zero attached hydrogens (tertiary/aromatic N) is 3. The monoisotopic (exact) mass is 354 g/mol. The van der Waals surface area contributed by atoms with Crippen LogP contribution in [0, 0.1) is 0 Å². The highest BCUT2D eigenvalue weighted by molar-refractivity contribution is 9.10. The summed E-state index contributed by atoms with van der Waals surface area (Å²) in [6.07, 6.45) is 1.51. The third-order valence-corrected chi connectivity index (χ3v) is 3.49. The maximum Gasteiger partial charge on any atom is 0.176 e. The van der Waals surface area contributed by atoms with E-state index in [-0.39, 0.29) is 0 Å². The van der Waals surface area contributed by atoms with E-state index in [0.717, 1.165) is 28.2 Å². The van der Waals surface area contributed by atoms with Gasteiger partial charge in [-0.15, -0.1) is 0 Å². The van der Waals surface area contributed by atoms with Gasteiger partial charge in [-0.1, -0.05) is 0 Å². The second-order valence-corrected chi connectivity index (χ2v) is 5.31. The lowest BCUT2D eigenvalue weighted by Gasteiger charge is -2.15. The maximum absolute atomic E-state index is 5.86. The molecule has 1 N–H and O–H groups in total. The van der Waals surface area contributed by atoms with E-state index >= 15 is 0 Å². The first-order valence-corrected chi connectivity index (χ1v) is 7.50. The lowest BCUT2D eigenvalue weighted by molar-refractivity contribution is 0.257. The average Bonchev–Trinajstić information content (AvgIpc) is 2.84. The number of ether oxygens (including phenoxy) is 2. The molecule has 0 aliphatic heterocycles. The minimum absolute atomic E-state index is 0.334. The third kappa shape index (κ3) is 3.95. The lowest BCUT2D eigenvalue weighted by atomic mass is 10.2. The molecule has 2 aromatic rings. The Hall–Kier alpha value is -1.60. The fourth-order valence-corrected chi connectivity index (χ4v) is 2.52. The Labute approximate surface area is 132 Å². The highest BCUT2D eigenvalue weighted by Crippen LogP contribution is 2.37. The molecule has 6 nitrogen and oxygen atoms in total. The average molecular weight is 355 g/mol. The van der Waals surface area contributed by atoms with Gasteiger partial charge in [-0.2, -0.15) is 5.10 Å². The molecular weight excluding hydrogens is 336 g/mol. The summed E-state index contributed by atoms with van der Waals surface area (Å²) in [5, 5.41) is 7.15. The number of benzene rings is 1. The molecule has 1 heterocycles. The van der Waals surface area contributed by atoms with E-state index in [9.17, 15) is 0 Å². The predicted molar refractivity (Wildman–Crippen MR) is 83.4 cm³/mol. The number of rotatable bonds is 7. The first kappa shape index (κ1) is 15.8. The van der Waals surface area contributed by atoms with Crippen LogP contribution in [0.25, 0.3) is 0 Å². The Morgan fingerprint density at radius 2 is 2.14 bits per heavy atom. The summed E-state index contributed by atoms with van der Waals surface area (Å²) in [4.78, 5) is 4.14. The second-order valence-electron chi connectivity index (χ2n) is 4.46. The van der Waals surface area contributed by atoms with E-state index in [1.807, 2.05) is 33.2 Å². The molecule has 0 saturated heterocycles. The van der Waals surface area contributed by atoms with Crippen LogP contribution in [0.4, 0.5) is 0 Å². The summed E-state index contributed by atoms with van der Waals surface area (Å²) >= 11 is 3.55. The molecule has 0 radical (unpaired) electrons. The van der Waals surface area contributed by atoms with Crippen molar-refractivity contribution in [1.29, 1.82) is 0 Å². The van der Waals surface area contributed by atoms with E-state index in [1.165, 1.54) is 6.33 Å². The molecule has 1 aromatic carbocycles. The Kier molecular flexibility index (Phi) is 5.58. The van der Waals surface area contributed by atoms with E-state index in [1.54, 1.807) is 4.68 Å². The highest BCUT2D eigenvalue weighted by atomic mass is 79.9. The summed E-state index contributed by atoms with van der Waals surface area (Å²) in [6, 6.07) is 4.00. The lowest BCUT2D eigenvalue weighted by Crippen LogP contribution is -2.08. The third-order valence-electron chi connectivity index (χ3n) is 2.90. The fourth-order valence-electron chi connectivity index (χ4n) is 1.92. The minimum Gasteiger partial charge on any atom is -0.490 e. The van der Waals surface area contributed by atoms with Crippen LogP contribution in [0.2, 0.25) is 0 Å². The molecule has 114 valence electrons. The first-order chi connectivity index (χ1) is 10.2. The van der Waals surface area contributed by atoms with Gasteiger partial charge in [0.15, 0.2) is 17.3 Å². The van der Waals surface area contributed by atoms with Gasteiger partial charge in [-0.3, -0.25) is 4.68 Å². The summed E-state index contributed by atoms with van der Waals surface area (Å²) in [5.74, 6) is 2.16. The molecule has 7 heteroatoms. The Bertz CT molecular complexity index is 601. The van der Waals surface area contributed by atoms with E-state index < -0.39 is 0 Å². The number of halogens is 1. The highest BCUT2D eigenvalue weighted by Gasteiger charge is 2.13. The molecule has 0 bridgehead atoms. The Balaban J connectivity index is 2.22. The Morgan fingerprint density at radius 3 is 2.76 bits per heavy atom. The van der Waals surface area contributed by atoms with E-state index in [2.05, 4.69) is 31.3 Å². The first-order valence-electron chi connectivity index (χ1n) is 6.71. The van der Waals surface area contributed by atoms with Gasteiger partial charge in [0, 0.05) is 13.6 Å². The summed E-state index contributed by atoms with van der Waals surface area (Å²) in [5.41, 5.74) is 1.12. The van der Waals surface area contributed by atoms with Crippen molar-refractivity contribution in [3.8, 4) is 11.5 Å². The summed E-state index contributed by atoms with van der Waals surface area (Å²) in [7, 11) is 3.74. The molecule has 0 fully saturated rings. The largest absolute Gasteiger partial charge is 0.490 e. The topological polar surface area (TPSA) is 61.2 Å². The normalized spacial score (nSPS) is 10.7. The van der Waals surface area contributed by atoms with E-state index in [0.29, 0.717) is 19.0 Å². The zero-order valence-corrected chi connectivity index (χ0v) is 14.0. The van der Waals surface area contributed by atoms with Crippen molar-refractivity contribution in [2.24, 2.45) is 7.05 Å². The van der Waals surface area contributed by atoms with Crippen LogP contribution in [0.3, 0.4) is 0 Å². The zero-order chi connectivity index (χ0) is 15.2. The maximum atomic E-state index is 5.86. The van der Waals surface area contributed by atoms with Crippen molar-refractivity contribution in [3.63, 3.8) is 0 Å². The van der Waals surface area contributed by atoms with Gasteiger partial charge in [0.25, 0.3) is 0 Å². The van der Waals surface area contributed by atoms with Crippen LogP contribution >= 0.6 is 15.9 Å². The predicted octanol–water partition coefficient (Wildman–Crippen LogP) is 2.27. The van der Waals surface area contributed by atoms with Gasteiger partial charge in [-0.25, -0.2) is 4.98 Å². The van der Waals surface area contributed by atoms with Crippen molar-refractivity contribution in [3.05, 3.63) is 34.3 Å². The standard InChI is InChI=1S/C14H19BrN4O2/c1-4-20-12-6-10(7-16-2)5-11(15)14(12)21-8-13-17-9-18-19(13)3/h5-6,9,16H,4,7-8H2,1-3H3. The molecule has 21 heavy (non-hydrogen) atoms. The number of nitrogens with one attached hydrogen (secondary N) is 1. The number of hydrogen-bond acceptors (Lipinski definition) is 5. The zero-order valence-electron chi connectivity index (χ0n) is 12.4. The van der Waals surface area contributed by atoms with Gasteiger partial charge in [0.05, 0.1) is 11.1 Å². The van der Waals surface area contributed by atoms with Crippen molar-refractivity contribution in [1.82, 2.24) is 20.1 Å². The van der Waals surface area contributed by atoms with Crippen LogP contribution in [0.5, 0.6) is 11.5 Å². The minimum atomic E-state index is 0.334. The van der Waals surface area contributed by atoms with Gasteiger partial charge < -0.3 is 14.8 Å². The summed E-state index contributed by atoms with van der Waals surface area (Å²) < 4.78 is 14.1. The second kappa shape index (κ2) is 7.42. The van der Waals surface area contributed by atoms with Crippen LogP contribution in [-0.2, 0) is 20.2 Å². The molecule has 0 atom stereocenters. The van der Waals surface area contributed by atoms with Crippen molar-refractivity contribution >= 4 is 15.9 Å². The molecule has 1 aromatic heterocycles. The molecular formula is C14H19BrN4O2. The molecule has 0 spiro atoms. The number of aromatic nitrogens is 3. The fraction of sp³-hybridized carbons (Fsp3) is 0.429. The van der Waals surface area contributed by atoms with Gasteiger partial charge >= 0.3 is 0 Å². The Morgan fingerprint density at radius 1 is 1.33 bits per heavy atom. The number of aryl methyl sites for hydroxylation is 1. The van der Waals surface area contributed by atoms with Crippen molar-refractivity contribution in [2.75, 3.05) is 13.7 Å². The van der Waals surface area contributed by atoms with Gasteiger partial charge in [0.1, 0.15) is 12.9 Å². The van der Waals surface area contributed by atoms with Crippen LogP contribution in [0.15, 0.2) is 22.9 Å². The van der Waals surface area contributed by atoms with Gasteiger partial charge in [-0.05, 0) is 47.6 Å². The van der Waals surface area contributed by atoms with Crippen LogP contribution < -0.4 is 14.8 Å². The van der Waals surface area contributed by atoms with Crippen molar-refractivity contribution in [2.45, 2.75) is 20.1 Å². The quantitative estimate of drug-likeness (QED) is 0.826. The number of hydrogen-bond donors (Lipinski definition) is 1. The van der Waals surface area contributed by atoms with Gasteiger partial charge in [0.2, 0.25) is 0 Å². The molecule has 0 aliphatic carbocycles.